The van der Waals surface area contributed by atoms with E-state index in [4.69, 9.17) is 27.9 Å². The summed E-state index contributed by atoms with van der Waals surface area (Å²) in [5, 5.41) is 11.5. The maximum Gasteiger partial charge on any atom is 0.234 e. The van der Waals surface area contributed by atoms with E-state index in [-0.39, 0.29) is 41.8 Å². The molecule has 0 aromatic rings. The number of carbonyl (C=O) groups excluding carboxylic acids is 3. The lowest BCUT2D eigenvalue weighted by Crippen LogP contribution is -2.65. The van der Waals surface area contributed by atoms with Crippen LogP contribution < -0.4 is 0 Å². The summed E-state index contributed by atoms with van der Waals surface area (Å²) in [6, 6.07) is 0. The van der Waals surface area contributed by atoms with Gasteiger partial charge in [0.15, 0.2) is 11.6 Å². The van der Waals surface area contributed by atoms with E-state index in [0.717, 1.165) is 0 Å². The molecular weight excluding hydrogens is 511 g/mol. The molecule has 5 nitrogen and oxygen atoms in total. The minimum atomic E-state index is -2.38. The average Bonchev–Trinajstić information content (AvgIpc) is 2.83. The summed E-state index contributed by atoms with van der Waals surface area (Å²) < 4.78 is 3.65. The number of halogens is 2. The van der Waals surface area contributed by atoms with E-state index in [0.29, 0.717) is 13.0 Å². The first-order chi connectivity index (χ1) is 17.1. The van der Waals surface area contributed by atoms with Crippen LogP contribution in [0.5, 0.6) is 0 Å². The Bertz CT molecular complexity index is 1000. The highest BCUT2D eigenvalue weighted by Gasteiger charge is 2.64. The van der Waals surface area contributed by atoms with Gasteiger partial charge in [0, 0.05) is 18.9 Å². The topological polar surface area (TPSA) is 80.7 Å². The number of Topliss-reactive ketones (excluding diaryl/α,β-unsaturated/α-hetero) is 3. The van der Waals surface area contributed by atoms with Crippen molar-refractivity contribution in [3.8, 4) is 0 Å². The summed E-state index contributed by atoms with van der Waals surface area (Å²) in [6.07, 6.45) is 11.8. The van der Waals surface area contributed by atoms with Crippen LogP contribution >= 0.6 is 23.2 Å². The quantitative estimate of drug-likeness (QED) is 0.261. The van der Waals surface area contributed by atoms with E-state index >= 15 is 0 Å². The van der Waals surface area contributed by atoms with Crippen LogP contribution in [0.3, 0.4) is 0 Å². The van der Waals surface area contributed by atoms with Gasteiger partial charge >= 0.3 is 0 Å². The molecule has 0 spiro atoms. The molecule has 37 heavy (non-hydrogen) atoms. The van der Waals surface area contributed by atoms with Crippen LogP contribution in [-0.2, 0) is 19.1 Å². The second-order valence-corrected chi connectivity index (χ2v) is 13.2. The summed E-state index contributed by atoms with van der Waals surface area (Å²) in [4.78, 5) is 40.7. The lowest BCUT2D eigenvalue weighted by atomic mass is 9.46. The molecule has 0 bridgehead atoms. The predicted molar refractivity (Wildman–Crippen MR) is 147 cm³/mol. The third-order valence-corrected chi connectivity index (χ3v) is 10.2. The normalized spacial score (nSPS) is 46.5. The number of rotatable bonds is 2. The van der Waals surface area contributed by atoms with E-state index in [2.05, 4.69) is 6.08 Å². The number of hydrogen-bond donors (Lipinski definition) is 1. The molecule has 1 fully saturated rings. The van der Waals surface area contributed by atoms with Crippen LogP contribution in [0, 0.1) is 46.8 Å². The highest BCUT2D eigenvalue weighted by molar-refractivity contribution is 6.68. The molecule has 3 aliphatic rings. The summed E-state index contributed by atoms with van der Waals surface area (Å²) >= 11 is 13.3. The molecule has 3 rings (SSSR count). The van der Waals surface area contributed by atoms with E-state index in [1.165, 1.54) is 6.92 Å². The van der Waals surface area contributed by atoms with Crippen LogP contribution in [0.4, 0.5) is 0 Å². The molecular formula is C30H42Cl2O5. The first kappa shape index (κ1) is 30.3. The maximum absolute atomic E-state index is 14.4. The molecule has 0 radical (unpaired) electrons. The van der Waals surface area contributed by atoms with Crippen molar-refractivity contribution in [3.05, 3.63) is 36.5 Å². The zero-order valence-electron chi connectivity index (χ0n) is 23.0. The van der Waals surface area contributed by atoms with Crippen LogP contribution in [0.1, 0.15) is 61.3 Å². The smallest absolute Gasteiger partial charge is 0.234 e. The highest BCUT2D eigenvalue weighted by Crippen LogP contribution is 2.60. The van der Waals surface area contributed by atoms with Crippen molar-refractivity contribution in [1.29, 1.82) is 0 Å². The molecule has 0 saturated heterocycles. The van der Waals surface area contributed by atoms with Gasteiger partial charge < -0.3 is 9.84 Å². The van der Waals surface area contributed by atoms with Gasteiger partial charge in [-0.25, -0.2) is 0 Å². The van der Waals surface area contributed by atoms with Crippen molar-refractivity contribution in [2.45, 2.75) is 77.3 Å². The summed E-state index contributed by atoms with van der Waals surface area (Å²) in [5.74, 6) is -4.47. The number of ketones is 3. The number of carbonyl (C=O) groups is 3. The minimum absolute atomic E-state index is 0.0753. The molecule has 1 saturated carbocycles. The zero-order valence-corrected chi connectivity index (χ0v) is 24.6. The number of ether oxygens (including phenoxy) is 1. The molecule has 0 aromatic heterocycles. The van der Waals surface area contributed by atoms with Crippen molar-refractivity contribution in [2.75, 3.05) is 6.61 Å². The van der Waals surface area contributed by atoms with E-state index in [1.54, 1.807) is 0 Å². The van der Waals surface area contributed by atoms with Gasteiger partial charge in [0.05, 0.1) is 17.6 Å². The Morgan fingerprint density at radius 1 is 0.973 bits per heavy atom. The first-order valence-electron chi connectivity index (χ1n) is 13.5. The van der Waals surface area contributed by atoms with Gasteiger partial charge in [-0.05, 0) is 62.2 Å². The number of allylic oxidation sites excluding steroid dienone is 6. The van der Waals surface area contributed by atoms with E-state index < -0.39 is 44.9 Å². The van der Waals surface area contributed by atoms with Crippen LogP contribution in [0.25, 0.3) is 0 Å². The fourth-order valence-electron chi connectivity index (χ4n) is 6.89. The average molecular weight is 554 g/mol. The number of aliphatic hydroxyl groups excluding tert-OH is 1. The number of aliphatic hydroxyl groups is 1. The summed E-state index contributed by atoms with van der Waals surface area (Å²) in [6.45, 7) is 13.6. The molecule has 1 N–H and O–H groups in total. The molecule has 0 heterocycles. The fraction of sp³-hybridized carbons (Fsp3) is 0.700. The van der Waals surface area contributed by atoms with Crippen molar-refractivity contribution in [2.24, 2.45) is 46.8 Å². The Hall–Kier alpha value is -1.27. The largest absolute Gasteiger partial charge is 0.390 e. The van der Waals surface area contributed by atoms with Crippen LogP contribution in [0.2, 0.25) is 0 Å². The number of fused-ring (bicyclic) bond motifs is 3. The van der Waals surface area contributed by atoms with Gasteiger partial charge in [0.1, 0.15) is 5.78 Å². The second-order valence-electron chi connectivity index (χ2n) is 11.9. The third kappa shape index (κ3) is 5.31. The van der Waals surface area contributed by atoms with E-state index in [9.17, 15) is 19.5 Å². The molecule has 3 aliphatic carbocycles. The van der Waals surface area contributed by atoms with Gasteiger partial charge in [0.2, 0.25) is 4.33 Å². The maximum atomic E-state index is 14.4. The van der Waals surface area contributed by atoms with Crippen molar-refractivity contribution in [3.63, 3.8) is 0 Å². The monoisotopic (exact) mass is 552 g/mol. The van der Waals surface area contributed by atoms with Gasteiger partial charge in [-0.3, -0.25) is 14.4 Å². The molecule has 0 aliphatic heterocycles. The lowest BCUT2D eigenvalue weighted by molar-refractivity contribution is -0.208. The minimum Gasteiger partial charge on any atom is -0.390 e. The number of hydrogen-bond acceptors (Lipinski definition) is 5. The van der Waals surface area contributed by atoms with Crippen molar-refractivity contribution >= 4 is 40.6 Å². The lowest BCUT2D eigenvalue weighted by Gasteiger charge is -2.60. The Labute approximate surface area is 231 Å². The van der Waals surface area contributed by atoms with Gasteiger partial charge in [-0.2, -0.15) is 0 Å². The van der Waals surface area contributed by atoms with Gasteiger partial charge in [-0.15, -0.1) is 0 Å². The summed E-state index contributed by atoms with van der Waals surface area (Å²) in [7, 11) is 0. The van der Waals surface area contributed by atoms with Gasteiger partial charge in [0.25, 0.3) is 0 Å². The molecule has 0 amide bonds. The van der Waals surface area contributed by atoms with E-state index in [1.807, 2.05) is 71.9 Å². The van der Waals surface area contributed by atoms with Crippen molar-refractivity contribution < 1.29 is 24.2 Å². The highest BCUT2D eigenvalue weighted by atomic mass is 35.5. The molecule has 7 heteroatoms. The standard InChI is InChI=1S/C30H42Cl2O5/c1-8-37-28(6)16-21-13-14-22-18(3)12-10-9-11-17(2)15-23(33)19(4)25(34)30(31,32)27(36)24(22)29(21,7)20(5)26(28)35/h9-14,17-22,24,26,35H,8,15-16H2,1-7H3/b11-9+,12-10-/t17-,18+,19+,20+,21+,22-,24-,26+,28+,29+/m0/s1. The Kier molecular flexibility index (Phi) is 9.06. The SMILES string of the molecule is CCO[C@]1(C)C[C@H]2C=C[C@H]3[C@H](C)/C=C\C=C\[C@H](C)CC(=O)[C@@H](C)C(=O)C(Cl)(Cl)C(=O)[C@H]3[C@]2(C)[C@H](C)[C@H]1O. The van der Waals surface area contributed by atoms with Gasteiger partial charge in [-0.1, -0.05) is 87.4 Å². The summed E-state index contributed by atoms with van der Waals surface area (Å²) in [5.41, 5.74) is -1.53. The fourth-order valence-corrected chi connectivity index (χ4v) is 7.45. The predicted octanol–water partition coefficient (Wildman–Crippen LogP) is 5.91. The first-order valence-corrected chi connectivity index (χ1v) is 14.2. The molecule has 206 valence electrons. The second kappa shape index (κ2) is 11.1. The van der Waals surface area contributed by atoms with Crippen molar-refractivity contribution in [1.82, 2.24) is 0 Å². The zero-order chi connectivity index (χ0) is 27.9. The number of alkyl halides is 2. The third-order valence-electron chi connectivity index (χ3n) is 9.47. The van der Waals surface area contributed by atoms with Crippen LogP contribution in [-0.4, -0.2) is 45.1 Å². The molecule has 10 atom stereocenters. The Morgan fingerprint density at radius 2 is 1.59 bits per heavy atom. The Morgan fingerprint density at radius 3 is 2.22 bits per heavy atom. The van der Waals surface area contributed by atoms with Crippen LogP contribution in [0.15, 0.2) is 36.5 Å². The molecule has 0 unspecified atom stereocenters. The molecule has 0 aromatic carbocycles. The Balaban J connectivity index is 2.19.